The van der Waals surface area contributed by atoms with Crippen LogP contribution in [0, 0.1) is 19.3 Å². The maximum Gasteiger partial charge on any atom is 0.423 e. The maximum atomic E-state index is 13.4. The van der Waals surface area contributed by atoms with Crippen LogP contribution in [0.4, 0.5) is 10.5 Å². The van der Waals surface area contributed by atoms with Gasteiger partial charge in [0.1, 0.15) is 0 Å². The van der Waals surface area contributed by atoms with E-state index in [1.807, 2.05) is 13.0 Å². The normalized spacial score (nSPS) is 10.4. The van der Waals surface area contributed by atoms with Crippen LogP contribution < -0.4 is 15.5 Å². The minimum absolute atomic E-state index is 0.00381. The molecule has 0 spiro atoms. The number of hydrogen-bond donors (Lipinski definition) is 4. The number of carbonyl (C=O) groups is 4. The summed E-state index contributed by atoms with van der Waals surface area (Å²) in [5.41, 5.74) is 2.78. The molecule has 0 aliphatic carbocycles. The molecule has 0 bridgehead atoms. The molecule has 0 aliphatic rings. The molecule has 2 aromatic carbocycles. The summed E-state index contributed by atoms with van der Waals surface area (Å²) in [6, 6.07) is 13.7. The third kappa shape index (κ3) is 7.81. The largest absolute Gasteiger partial charge is 0.428 e. The van der Waals surface area contributed by atoms with Crippen LogP contribution in [0.25, 0.3) is 0 Å². The zero-order valence-electron chi connectivity index (χ0n) is 23.6. The van der Waals surface area contributed by atoms with Gasteiger partial charge < -0.3 is 25.1 Å². The van der Waals surface area contributed by atoms with Gasteiger partial charge in [0.2, 0.25) is 6.79 Å². The van der Waals surface area contributed by atoms with Crippen molar-refractivity contribution in [3.05, 3.63) is 88.2 Å². The number of H-pyrrole nitrogens is 1. The summed E-state index contributed by atoms with van der Waals surface area (Å²) in [7, 11) is 0. The first-order chi connectivity index (χ1) is 19.7. The zero-order chi connectivity index (χ0) is 29.9. The van der Waals surface area contributed by atoms with Crippen molar-refractivity contribution in [2.24, 2.45) is 0 Å². The van der Waals surface area contributed by atoms with Crippen molar-refractivity contribution < 1.29 is 28.7 Å². The number of esters is 1. The fraction of sp³-hybridized carbons (Fsp3) is 0.300. The Morgan fingerprint density at radius 1 is 0.951 bits per heavy atom. The summed E-state index contributed by atoms with van der Waals surface area (Å²) in [6.07, 6.45) is 1.21. The van der Waals surface area contributed by atoms with Crippen molar-refractivity contribution in [1.29, 1.82) is 5.41 Å². The summed E-state index contributed by atoms with van der Waals surface area (Å²) in [5.74, 6) is -1.58. The molecule has 0 radical (unpaired) electrons. The number of anilines is 1. The number of amides is 3. The van der Waals surface area contributed by atoms with E-state index in [4.69, 9.17) is 14.9 Å². The van der Waals surface area contributed by atoms with Crippen molar-refractivity contribution in [3.63, 3.8) is 0 Å². The summed E-state index contributed by atoms with van der Waals surface area (Å²) < 4.78 is 10.4. The lowest BCUT2D eigenvalue weighted by Crippen LogP contribution is -2.39. The lowest BCUT2D eigenvalue weighted by Gasteiger charge is -2.25. The molecule has 1 heterocycles. The molecule has 216 valence electrons. The number of benzene rings is 2. The fourth-order valence-electron chi connectivity index (χ4n) is 4.01. The number of nitrogens with zero attached hydrogens (tertiary/aromatic N) is 1. The highest BCUT2D eigenvalue weighted by molar-refractivity contribution is 6.21. The van der Waals surface area contributed by atoms with Crippen LogP contribution in [0.2, 0.25) is 0 Å². The van der Waals surface area contributed by atoms with Crippen LogP contribution in [-0.2, 0) is 20.7 Å². The highest BCUT2D eigenvalue weighted by Gasteiger charge is 2.29. The van der Waals surface area contributed by atoms with Crippen LogP contribution in [0.3, 0.4) is 0 Å². The van der Waals surface area contributed by atoms with Gasteiger partial charge in [-0.25, -0.2) is 9.69 Å². The molecular formula is C30H35N5O6. The molecule has 0 fully saturated rings. The molecule has 3 amide bonds. The smallest absolute Gasteiger partial charge is 0.423 e. The van der Waals surface area contributed by atoms with Gasteiger partial charge in [0.15, 0.2) is 5.84 Å². The predicted molar refractivity (Wildman–Crippen MR) is 154 cm³/mol. The highest BCUT2D eigenvalue weighted by Crippen LogP contribution is 2.26. The van der Waals surface area contributed by atoms with Gasteiger partial charge in [0.25, 0.3) is 11.8 Å². The van der Waals surface area contributed by atoms with Crippen LogP contribution in [0.1, 0.15) is 63.4 Å². The molecule has 0 saturated carbocycles. The van der Waals surface area contributed by atoms with Crippen LogP contribution in [-0.4, -0.2) is 54.6 Å². The standard InChI is InChI=1S/C30H35N5O6/c1-5-14-33-29(38)23-17-34-26(20(23)4)27(31)35(24-16-22(13-12-19(24)3)28(37)32-6-2)30(39)41-18-40-25(36)15-21-10-8-7-9-11-21/h7-13,16-17,31,34H,5-6,14-15,18H2,1-4H3,(H,32,37)(H,33,38). The Balaban J connectivity index is 1.89. The molecule has 0 aliphatic heterocycles. The van der Waals surface area contributed by atoms with E-state index in [2.05, 4.69) is 15.6 Å². The third-order valence-electron chi connectivity index (χ3n) is 6.21. The monoisotopic (exact) mass is 561 g/mol. The van der Waals surface area contributed by atoms with Crippen LogP contribution >= 0.6 is 0 Å². The number of aryl methyl sites for hydroxylation is 1. The second-order valence-electron chi connectivity index (χ2n) is 9.21. The number of aromatic amines is 1. The molecule has 11 nitrogen and oxygen atoms in total. The third-order valence-corrected chi connectivity index (χ3v) is 6.21. The maximum absolute atomic E-state index is 13.4. The lowest BCUT2D eigenvalue weighted by atomic mass is 10.1. The minimum atomic E-state index is -1.01. The average molecular weight is 562 g/mol. The Kier molecular flexibility index (Phi) is 10.8. The molecule has 0 unspecified atom stereocenters. The molecule has 0 saturated heterocycles. The first kappa shape index (κ1) is 30.6. The van der Waals surface area contributed by atoms with Gasteiger partial charge in [-0.1, -0.05) is 43.3 Å². The van der Waals surface area contributed by atoms with Crippen LogP contribution in [0.5, 0.6) is 0 Å². The first-order valence-electron chi connectivity index (χ1n) is 13.3. The van der Waals surface area contributed by atoms with Gasteiger partial charge in [-0.05, 0) is 56.0 Å². The Morgan fingerprint density at radius 3 is 2.37 bits per heavy atom. The van der Waals surface area contributed by atoms with E-state index in [0.29, 0.717) is 29.8 Å². The van der Waals surface area contributed by atoms with Gasteiger partial charge in [0, 0.05) is 24.8 Å². The van der Waals surface area contributed by atoms with Gasteiger partial charge >= 0.3 is 12.1 Å². The molecule has 41 heavy (non-hydrogen) atoms. The summed E-state index contributed by atoms with van der Waals surface area (Å²) in [5, 5.41) is 14.5. The van der Waals surface area contributed by atoms with Gasteiger partial charge in [-0.3, -0.25) is 19.8 Å². The van der Waals surface area contributed by atoms with Crippen LogP contribution in [0.15, 0.2) is 54.7 Å². The second kappa shape index (κ2) is 14.5. The molecule has 3 rings (SSSR count). The van der Waals surface area contributed by atoms with Crippen molar-refractivity contribution in [2.75, 3.05) is 24.8 Å². The molecule has 0 atom stereocenters. The van der Waals surface area contributed by atoms with Gasteiger partial charge in [0.05, 0.1) is 23.4 Å². The molecular weight excluding hydrogens is 526 g/mol. The first-order valence-corrected chi connectivity index (χ1v) is 13.3. The molecule has 1 aromatic heterocycles. The van der Waals surface area contributed by atoms with Crippen molar-refractivity contribution >= 4 is 35.4 Å². The summed E-state index contributed by atoms with van der Waals surface area (Å²) in [4.78, 5) is 54.7. The Bertz CT molecular complexity index is 1420. The SMILES string of the molecule is CCCNC(=O)c1c[nH]c(C(=N)N(C(=O)OCOC(=O)Cc2ccccc2)c2cc(C(=O)NCC)ccc2C)c1C. The Labute approximate surface area is 238 Å². The fourth-order valence-corrected chi connectivity index (χ4v) is 4.01. The molecule has 11 heteroatoms. The quantitative estimate of drug-likeness (QED) is 0.119. The van der Waals surface area contributed by atoms with E-state index in [1.165, 1.54) is 12.3 Å². The zero-order valence-corrected chi connectivity index (χ0v) is 23.6. The van der Waals surface area contributed by atoms with E-state index < -0.39 is 18.9 Å². The molecule has 4 N–H and O–H groups in total. The number of aromatic nitrogens is 1. The van der Waals surface area contributed by atoms with E-state index >= 15 is 0 Å². The van der Waals surface area contributed by atoms with Gasteiger partial charge in [-0.2, -0.15) is 0 Å². The average Bonchev–Trinajstić information content (AvgIpc) is 3.34. The predicted octanol–water partition coefficient (Wildman–Crippen LogP) is 4.23. The second-order valence-corrected chi connectivity index (χ2v) is 9.21. The summed E-state index contributed by atoms with van der Waals surface area (Å²) >= 11 is 0. The van der Waals surface area contributed by atoms with Crippen molar-refractivity contribution in [1.82, 2.24) is 15.6 Å². The highest BCUT2D eigenvalue weighted by atomic mass is 16.7. The number of rotatable bonds is 11. The number of hydrogen-bond acceptors (Lipinski definition) is 7. The van der Waals surface area contributed by atoms with Crippen molar-refractivity contribution in [3.8, 4) is 0 Å². The summed E-state index contributed by atoms with van der Waals surface area (Å²) in [6.45, 7) is 7.31. The van der Waals surface area contributed by atoms with E-state index in [-0.39, 0.29) is 41.0 Å². The number of ether oxygens (including phenoxy) is 2. The minimum Gasteiger partial charge on any atom is -0.428 e. The Hall–Kier alpha value is -4.93. The van der Waals surface area contributed by atoms with Crippen molar-refractivity contribution in [2.45, 2.75) is 40.5 Å². The number of carbonyl (C=O) groups excluding carboxylic acids is 4. The molecule has 3 aromatic rings. The van der Waals surface area contributed by atoms with E-state index in [1.54, 1.807) is 57.2 Å². The van der Waals surface area contributed by atoms with E-state index in [0.717, 1.165) is 16.9 Å². The Morgan fingerprint density at radius 2 is 1.68 bits per heavy atom. The van der Waals surface area contributed by atoms with Gasteiger partial charge in [-0.15, -0.1) is 0 Å². The topological polar surface area (TPSA) is 154 Å². The van der Waals surface area contributed by atoms with E-state index in [9.17, 15) is 19.2 Å². The number of nitrogens with one attached hydrogen (secondary N) is 4. The number of amidine groups is 1. The lowest BCUT2D eigenvalue weighted by molar-refractivity contribution is -0.150.